The Morgan fingerprint density at radius 3 is 2.63 bits per heavy atom. The molecular weight excluding hydrogens is 330 g/mol. The third-order valence-electron chi connectivity index (χ3n) is 5.46. The van der Waals surface area contributed by atoms with Crippen LogP contribution in [0, 0.1) is 5.41 Å². The zero-order valence-electron chi connectivity index (χ0n) is 16.2. The van der Waals surface area contributed by atoms with Crippen molar-refractivity contribution in [3.05, 3.63) is 76.8 Å². The van der Waals surface area contributed by atoms with Crippen molar-refractivity contribution in [2.75, 3.05) is 0 Å². The largest absolute Gasteiger partial charge is 0.493 e. The molecule has 0 spiro atoms. The molecule has 138 valence electrons. The molecule has 1 atom stereocenters. The summed E-state index contributed by atoms with van der Waals surface area (Å²) in [5.74, 6) is 1.08. The molecule has 1 aromatic heterocycles. The van der Waals surface area contributed by atoms with Gasteiger partial charge in [-0.05, 0) is 29.5 Å². The molecule has 0 N–H and O–H groups in total. The third-order valence-corrected chi connectivity index (χ3v) is 5.46. The summed E-state index contributed by atoms with van der Waals surface area (Å²) in [5.41, 5.74) is 2.35. The van der Waals surface area contributed by atoms with E-state index in [4.69, 9.17) is 9.72 Å². The number of fused-ring (bicyclic) bond motifs is 2. The standard InChI is InChI=1S/C25H27NO/c1-3-4-14-25(2)16-23-21(15-20-12-8-9-13-22(20)26-23)24(17-25)27-18-19-10-6-5-7-11-19/h5-13,15-16H,3-4,14,17-18H2,1-2H3. The van der Waals surface area contributed by atoms with E-state index >= 15 is 0 Å². The van der Waals surface area contributed by atoms with Crippen LogP contribution in [-0.2, 0) is 11.3 Å². The normalized spacial score (nSPS) is 18.8. The van der Waals surface area contributed by atoms with Gasteiger partial charge in [-0.2, -0.15) is 0 Å². The Balaban J connectivity index is 1.79. The third kappa shape index (κ3) is 3.90. The fourth-order valence-electron chi connectivity index (χ4n) is 3.92. The highest BCUT2D eigenvalue weighted by atomic mass is 16.5. The predicted octanol–water partition coefficient (Wildman–Crippen LogP) is 4.94. The van der Waals surface area contributed by atoms with E-state index in [0.717, 1.165) is 34.7 Å². The molecule has 1 unspecified atom stereocenters. The van der Waals surface area contributed by atoms with Crippen molar-refractivity contribution in [1.82, 2.24) is 4.98 Å². The van der Waals surface area contributed by atoms with Gasteiger partial charge in [0.25, 0.3) is 0 Å². The summed E-state index contributed by atoms with van der Waals surface area (Å²) in [4.78, 5) is 4.97. The lowest BCUT2D eigenvalue weighted by Crippen LogP contribution is -2.38. The van der Waals surface area contributed by atoms with Crippen LogP contribution in [0.15, 0.2) is 60.7 Å². The second-order valence-corrected chi connectivity index (χ2v) is 7.89. The molecule has 1 aliphatic carbocycles. The number of rotatable bonds is 6. The fraction of sp³-hybridized carbons (Fsp3) is 0.320. The molecule has 27 heavy (non-hydrogen) atoms. The molecule has 2 heteroatoms. The van der Waals surface area contributed by atoms with Crippen molar-refractivity contribution in [2.24, 2.45) is 5.41 Å². The summed E-state index contributed by atoms with van der Waals surface area (Å²) in [6, 6.07) is 21.0. The molecule has 2 aromatic carbocycles. The van der Waals surface area contributed by atoms with Gasteiger partial charge in [0.05, 0.1) is 10.9 Å². The van der Waals surface area contributed by atoms with Crippen LogP contribution in [-0.4, -0.2) is 4.98 Å². The molecular formula is C25H27NO. The first-order valence-corrected chi connectivity index (χ1v) is 9.95. The first-order valence-electron chi connectivity index (χ1n) is 9.95. The van der Waals surface area contributed by atoms with Gasteiger partial charge in [0.1, 0.15) is 12.4 Å². The highest BCUT2D eigenvalue weighted by molar-refractivity contribution is 5.79. The first-order chi connectivity index (χ1) is 13.2. The Bertz CT molecular complexity index is 1050. The SMILES string of the molecule is CCCCC1(C)C=c2nc3ccccc3cc2=C(OCc2ccccc2)C1. The molecule has 0 bridgehead atoms. The van der Waals surface area contributed by atoms with Gasteiger partial charge in [0.2, 0.25) is 0 Å². The molecule has 3 aromatic rings. The van der Waals surface area contributed by atoms with Crippen LogP contribution in [0.1, 0.15) is 45.1 Å². The van der Waals surface area contributed by atoms with Crippen LogP contribution in [0.3, 0.4) is 0 Å². The molecule has 2 nitrogen and oxygen atoms in total. The summed E-state index contributed by atoms with van der Waals surface area (Å²) >= 11 is 0. The number of para-hydroxylation sites is 1. The Labute approximate surface area is 161 Å². The monoisotopic (exact) mass is 357 g/mol. The van der Waals surface area contributed by atoms with E-state index < -0.39 is 0 Å². The number of unbranched alkanes of at least 4 members (excludes halogenated alkanes) is 1. The average Bonchev–Trinajstić information content (AvgIpc) is 2.70. The van der Waals surface area contributed by atoms with Crippen molar-refractivity contribution in [3.8, 4) is 0 Å². The van der Waals surface area contributed by atoms with E-state index in [1.54, 1.807) is 0 Å². The summed E-state index contributed by atoms with van der Waals surface area (Å²) < 4.78 is 6.38. The second-order valence-electron chi connectivity index (χ2n) is 7.89. The lowest BCUT2D eigenvalue weighted by Gasteiger charge is -2.30. The predicted molar refractivity (Wildman–Crippen MR) is 112 cm³/mol. The smallest absolute Gasteiger partial charge is 0.113 e. The van der Waals surface area contributed by atoms with Crippen LogP contribution in [0.2, 0.25) is 0 Å². The summed E-state index contributed by atoms with van der Waals surface area (Å²) in [7, 11) is 0. The van der Waals surface area contributed by atoms with E-state index in [-0.39, 0.29) is 5.41 Å². The van der Waals surface area contributed by atoms with Gasteiger partial charge in [-0.1, -0.05) is 81.3 Å². The molecule has 0 radical (unpaired) electrons. The first kappa shape index (κ1) is 17.8. The summed E-state index contributed by atoms with van der Waals surface area (Å²) in [6.07, 6.45) is 6.91. The Morgan fingerprint density at radius 1 is 1.04 bits per heavy atom. The molecule has 0 saturated heterocycles. The second kappa shape index (κ2) is 7.56. The van der Waals surface area contributed by atoms with Crippen LogP contribution in [0.25, 0.3) is 22.7 Å². The highest BCUT2D eigenvalue weighted by Gasteiger charge is 2.27. The van der Waals surface area contributed by atoms with Crippen molar-refractivity contribution in [2.45, 2.75) is 46.1 Å². The Kier molecular flexibility index (Phi) is 4.98. The van der Waals surface area contributed by atoms with E-state index in [0.29, 0.717) is 6.61 Å². The molecule has 0 aliphatic heterocycles. The molecule has 0 saturated carbocycles. The molecule has 4 rings (SSSR count). The van der Waals surface area contributed by atoms with Gasteiger partial charge < -0.3 is 4.74 Å². The Morgan fingerprint density at radius 2 is 1.81 bits per heavy atom. The summed E-state index contributed by atoms with van der Waals surface area (Å²) in [5, 5.41) is 3.39. The molecule has 1 aliphatic rings. The van der Waals surface area contributed by atoms with E-state index in [2.05, 4.69) is 74.5 Å². The number of benzene rings is 2. The number of nitrogens with zero attached hydrogens (tertiary/aromatic N) is 1. The Hall–Kier alpha value is -2.61. The van der Waals surface area contributed by atoms with Gasteiger partial charge >= 0.3 is 0 Å². The van der Waals surface area contributed by atoms with E-state index in [1.807, 2.05) is 6.07 Å². The van der Waals surface area contributed by atoms with E-state index in [1.165, 1.54) is 23.8 Å². The number of aromatic nitrogens is 1. The maximum atomic E-state index is 6.38. The van der Waals surface area contributed by atoms with Crippen molar-refractivity contribution in [1.29, 1.82) is 0 Å². The number of ether oxygens (including phenoxy) is 1. The quantitative estimate of drug-likeness (QED) is 0.623. The number of pyridine rings is 1. The van der Waals surface area contributed by atoms with Gasteiger partial charge in [-0.25, -0.2) is 4.98 Å². The minimum atomic E-state index is 0.102. The van der Waals surface area contributed by atoms with Crippen LogP contribution in [0.5, 0.6) is 0 Å². The van der Waals surface area contributed by atoms with Crippen LogP contribution < -0.4 is 10.6 Å². The molecule has 0 fully saturated rings. The van der Waals surface area contributed by atoms with Gasteiger partial charge in [0.15, 0.2) is 0 Å². The fourth-order valence-corrected chi connectivity index (χ4v) is 3.92. The zero-order valence-corrected chi connectivity index (χ0v) is 16.2. The number of hydrogen-bond donors (Lipinski definition) is 0. The minimum absolute atomic E-state index is 0.102. The molecule has 0 amide bonds. The lowest BCUT2D eigenvalue weighted by atomic mass is 9.78. The van der Waals surface area contributed by atoms with Crippen LogP contribution >= 0.6 is 0 Å². The van der Waals surface area contributed by atoms with E-state index in [9.17, 15) is 0 Å². The van der Waals surface area contributed by atoms with Crippen molar-refractivity contribution in [3.63, 3.8) is 0 Å². The zero-order chi connectivity index (χ0) is 18.7. The highest BCUT2D eigenvalue weighted by Crippen LogP contribution is 2.35. The maximum Gasteiger partial charge on any atom is 0.113 e. The summed E-state index contributed by atoms with van der Waals surface area (Å²) in [6.45, 7) is 5.20. The van der Waals surface area contributed by atoms with Gasteiger partial charge in [0, 0.05) is 17.0 Å². The maximum absolute atomic E-state index is 6.38. The van der Waals surface area contributed by atoms with Crippen molar-refractivity contribution < 1.29 is 4.74 Å². The molecule has 1 heterocycles. The lowest BCUT2D eigenvalue weighted by molar-refractivity contribution is 0.228. The number of hydrogen-bond acceptors (Lipinski definition) is 2. The average molecular weight is 357 g/mol. The topological polar surface area (TPSA) is 22.1 Å². The van der Waals surface area contributed by atoms with Crippen LogP contribution in [0.4, 0.5) is 0 Å². The minimum Gasteiger partial charge on any atom is -0.493 e. The van der Waals surface area contributed by atoms with Gasteiger partial charge in [-0.3, -0.25) is 0 Å². The van der Waals surface area contributed by atoms with Crippen molar-refractivity contribution >= 4 is 22.7 Å². The van der Waals surface area contributed by atoms with Gasteiger partial charge in [-0.15, -0.1) is 0 Å².